The fraction of sp³-hybridized carbons (Fsp3) is 0.316. The molecule has 128 valence electrons. The molecule has 0 radical (unpaired) electrons. The van der Waals surface area contributed by atoms with Crippen LogP contribution in [0.15, 0.2) is 42.5 Å². The monoisotopic (exact) mass is 328 g/mol. The van der Waals surface area contributed by atoms with Crippen LogP contribution in [0.25, 0.3) is 0 Å². The Morgan fingerprint density at radius 3 is 2.33 bits per heavy atom. The summed E-state index contributed by atoms with van der Waals surface area (Å²) in [5.41, 5.74) is 2.79. The molecule has 1 atom stereocenters. The van der Waals surface area contributed by atoms with Crippen LogP contribution in [0, 0.1) is 6.92 Å². The first-order valence-corrected chi connectivity index (χ1v) is 7.87. The van der Waals surface area contributed by atoms with E-state index in [0.717, 1.165) is 5.56 Å². The van der Waals surface area contributed by atoms with Crippen molar-refractivity contribution in [3.8, 4) is 11.5 Å². The molecule has 0 heterocycles. The van der Waals surface area contributed by atoms with Crippen LogP contribution in [0.5, 0.6) is 11.5 Å². The SMILES string of the molecule is COc1cc(C)c(NC(=O)NCC(C)c2ccccc2)cc1OC. The zero-order chi connectivity index (χ0) is 17.5. The number of carbonyl (C=O) groups is 1. The second kappa shape index (κ2) is 8.24. The maximum atomic E-state index is 12.2. The predicted molar refractivity (Wildman–Crippen MR) is 96.2 cm³/mol. The Kier molecular flexibility index (Phi) is 6.07. The number of aryl methyl sites for hydroxylation is 1. The third-order valence-corrected chi connectivity index (χ3v) is 3.92. The molecule has 2 N–H and O–H groups in total. The average Bonchev–Trinajstić information content (AvgIpc) is 2.61. The molecule has 5 heteroatoms. The number of ether oxygens (including phenoxy) is 2. The van der Waals surface area contributed by atoms with Crippen molar-refractivity contribution >= 4 is 11.7 Å². The molecule has 2 aromatic carbocycles. The van der Waals surface area contributed by atoms with Gasteiger partial charge in [-0.3, -0.25) is 0 Å². The van der Waals surface area contributed by atoms with Gasteiger partial charge in [-0.15, -0.1) is 0 Å². The molecule has 2 rings (SSSR count). The summed E-state index contributed by atoms with van der Waals surface area (Å²) in [4.78, 5) is 12.2. The highest BCUT2D eigenvalue weighted by Crippen LogP contribution is 2.32. The van der Waals surface area contributed by atoms with Gasteiger partial charge in [0.2, 0.25) is 0 Å². The van der Waals surface area contributed by atoms with Crippen molar-refractivity contribution < 1.29 is 14.3 Å². The second-order valence-electron chi connectivity index (χ2n) is 5.67. The van der Waals surface area contributed by atoms with Crippen molar-refractivity contribution in [1.29, 1.82) is 0 Å². The van der Waals surface area contributed by atoms with E-state index >= 15 is 0 Å². The highest BCUT2D eigenvalue weighted by Gasteiger charge is 2.12. The first-order valence-electron chi connectivity index (χ1n) is 7.87. The van der Waals surface area contributed by atoms with Crippen molar-refractivity contribution in [1.82, 2.24) is 5.32 Å². The third-order valence-electron chi connectivity index (χ3n) is 3.92. The standard InChI is InChI=1S/C19H24N2O3/c1-13-10-17(23-3)18(24-4)11-16(13)21-19(22)20-12-14(2)15-8-6-5-7-9-15/h5-11,14H,12H2,1-4H3,(H2,20,21,22). The van der Waals surface area contributed by atoms with Gasteiger partial charge < -0.3 is 20.1 Å². The highest BCUT2D eigenvalue weighted by atomic mass is 16.5. The maximum absolute atomic E-state index is 12.2. The molecular weight excluding hydrogens is 304 g/mol. The van der Waals surface area contributed by atoms with E-state index in [4.69, 9.17) is 9.47 Å². The second-order valence-corrected chi connectivity index (χ2v) is 5.67. The minimum Gasteiger partial charge on any atom is -0.493 e. The Bertz CT molecular complexity index is 687. The smallest absolute Gasteiger partial charge is 0.319 e. The summed E-state index contributed by atoms with van der Waals surface area (Å²) in [6.07, 6.45) is 0. The zero-order valence-electron chi connectivity index (χ0n) is 14.6. The average molecular weight is 328 g/mol. The van der Waals surface area contributed by atoms with Crippen LogP contribution < -0.4 is 20.1 Å². The number of benzene rings is 2. The Morgan fingerprint density at radius 2 is 1.71 bits per heavy atom. The number of hydrogen-bond acceptors (Lipinski definition) is 3. The Morgan fingerprint density at radius 1 is 1.08 bits per heavy atom. The molecule has 0 fully saturated rings. The fourth-order valence-corrected chi connectivity index (χ4v) is 2.43. The van der Waals surface area contributed by atoms with Gasteiger partial charge in [-0.1, -0.05) is 37.3 Å². The summed E-state index contributed by atoms with van der Waals surface area (Å²) < 4.78 is 10.5. The Balaban J connectivity index is 1.97. The molecule has 0 spiro atoms. The van der Waals surface area contributed by atoms with E-state index in [1.165, 1.54) is 5.56 Å². The molecule has 2 aromatic rings. The lowest BCUT2D eigenvalue weighted by Gasteiger charge is -2.16. The van der Waals surface area contributed by atoms with Gasteiger partial charge in [0.1, 0.15) is 0 Å². The van der Waals surface area contributed by atoms with Crippen molar-refractivity contribution in [3.05, 3.63) is 53.6 Å². The van der Waals surface area contributed by atoms with Crippen molar-refractivity contribution in [3.63, 3.8) is 0 Å². The summed E-state index contributed by atoms with van der Waals surface area (Å²) in [7, 11) is 3.15. The molecule has 24 heavy (non-hydrogen) atoms. The number of urea groups is 1. The first kappa shape index (κ1) is 17.7. The highest BCUT2D eigenvalue weighted by molar-refractivity contribution is 5.90. The van der Waals surface area contributed by atoms with E-state index in [-0.39, 0.29) is 11.9 Å². The molecule has 0 aliphatic rings. The minimum atomic E-state index is -0.242. The van der Waals surface area contributed by atoms with E-state index in [2.05, 4.69) is 29.7 Å². The van der Waals surface area contributed by atoms with Gasteiger partial charge in [-0.05, 0) is 30.0 Å². The lowest BCUT2D eigenvalue weighted by molar-refractivity contribution is 0.251. The largest absolute Gasteiger partial charge is 0.493 e. The van der Waals surface area contributed by atoms with E-state index in [1.807, 2.05) is 31.2 Å². The van der Waals surface area contributed by atoms with Crippen LogP contribution in [0.4, 0.5) is 10.5 Å². The molecule has 1 unspecified atom stereocenters. The van der Waals surface area contributed by atoms with Gasteiger partial charge in [-0.2, -0.15) is 0 Å². The number of hydrogen-bond donors (Lipinski definition) is 2. The summed E-state index contributed by atoms with van der Waals surface area (Å²) in [5, 5.41) is 5.76. The molecule has 5 nitrogen and oxygen atoms in total. The Hall–Kier alpha value is -2.69. The molecule has 0 aliphatic heterocycles. The summed E-state index contributed by atoms with van der Waals surface area (Å²) in [6, 6.07) is 13.4. The Labute approximate surface area is 143 Å². The van der Waals surface area contributed by atoms with E-state index in [0.29, 0.717) is 23.7 Å². The van der Waals surface area contributed by atoms with Crippen molar-refractivity contribution in [2.24, 2.45) is 0 Å². The number of anilines is 1. The zero-order valence-corrected chi connectivity index (χ0v) is 14.6. The van der Waals surface area contributed by atoms with Gasteiger partial charge in [0, 0.05) is 18.3 Å². The van der Waals surface area contributed by atoms with E-state index in [9.17, 15) is 4.79 Å². The lowest BCUT2D eigenvalue weighted by atomic mass is 10.0. The molecular formula is C19H24N2O3. The van der Waals surface area contributed by atoms with E-state index < -0.39 is 0 Å². The van der Waals surface area contributed by atoms with Crippen LogP contribution in [-0.2, 0) is 0 Å². The minimum absolute atomic E-state index is 0.239. The van der Waals surface area contributed by atoms with Gasteiger partial charge in [0.25, 0.3) is 0 Å². The maximum Gasteiger partial charge on any atom is 0.319 e. The normalized spacial score (nSPS) is 11.5. The lowest BCUT2D eigenvalue weighted by Crippen LogP contribution is -2.32. The third kappa shape index (κ3) is 4.41. The first-order chi connectivity index (χ1) is 11.5. The summed E-state index contributed by atoms with van der Waals surface area (Å²) >= 11 is 0. The molecule has 2 amide bonds. The number of carbonyl (C=O) groups excluding carboxylic acids is 1. The van der Waals surface area contributed by atoms with Crippen LogP contribution in [0.1, 0.15) is 24.0 Å². The number of amides is 2. The van der Waals surface area contributed by atoms with Crippen molar-refractivity contribution in [2.45, 2.75) is 19.8 Å². The molecule has 0 aliphatic carbocycles. The quantitative estimate of drug-likeness (QED) is 0.844. The van der Waals surface area contributed by atoms with Gasteiger partial charge >= 0.3 is 6.03 Å². The molecule has 0 aromatic heterocycles. The van der Waals surface area contributed by atoms with E-state index in [1.54, 1.807) is 20.3 Å². The number of methoxy groups -OCH3 is 2. The van der Waals surface area contributed by atoms with Crippen LogP contribution in [-0.4, -0.2) is 26.8 Å². The summed E-state index contributed by atoms with van der Waals surface area (Å²) in [6.45, 7) is 4.55. The molecule has 0 saturated heterocycles. The fourth-order valence-electron chi connectivity index (χ4n) is 2.43. The number of rotatable bonds is 6. The summed E-state index contributed by atoms with van der Waals surface area (Å²) in [5.74, 6) is 1.46. The topological polar surface area (TPSA) is 59.6 Å². The van der Waals surface area contributed by atoms with Crippen LogP contribution in [0.2, 0.25) is 0 Å². The van der Waals surface area contributed by atoms with Crippen LogP contribution in [0.3, 0.4) is 0 Å². The van der Waals surface area contributed by atoms with Crippen molar-refractivity contribution in [2.75, 3.05) is 26.1 Å². The number of nitrogens with one attached hydrogen (secondary N) is 2. The van der Waals surface area contributed by atoms with Crippen LogP contribution >= 0.6 is 0 Å². The van der Waals surface area contributed by atoms with Gasteiger partial charge in [-0.25, -0.2) is 4.79 Å². The molecule has 0 saturated carbocycles. The van der Waals surface area contributed by atoms with Gasteiger partial charge in [0.15, 0.2) is 11.5 Å². The molecule has 0 bridgehead atoms. The predicted octanol–water partition coefficient (Wildman–Crippen LogP) is 3.94. The van der Waals surface area contributed by atoms with Gasteiger partial charge in [0.05, 0.1) is 14.2 Å².